The fraction of sp³-hybridized carbons (Fsp3) is 0.600. The standard InChI is InChI=1S/C10H14N2O3S/c1-14-9(13)8-5-11-10(16-8)12-7-3-2-4-15-6-7/h5,7H,2-4,6H2,1H3,(H,11,12). The van der Waals surface area contributed by atoms with Crippen molar-refractivity contribution in [1.29, 1.82) is 0 Å². The van der Waals surface area contributed by atoms with E-state index in [1.807, 2.05) is 0 Å². The molecular weight excluding hydrogens is 228 g/mol. The number of nitrogens with zero attached hydrogens (tertiary/aromatic N) is 1. The maximum atomic E-state index is 11.2. The molecule has 1 aliphatic rings. The Morgan fingerprint density at radius 2 is 2.62 bits per heavy atom. The van der Waals surface area contributed by atoms with Crippen molar-refractivity contribution in [1.82, 2.24) is 4.98 Å². The molecule has 6 heteroatoms. The molecule has 0 radical (unpaired) electrons. The highest BCUT2D eigenvalue weighted by Crippen LogP contribution is 2.21. The molecule has 0 aliphatic carbocycles. The lowest BCUT2D eigenvalue weighted by Gasteiger charge is -2.22. The van der Waals surface area contributed by atoms with Crippen LogP contribution in [-0.2, 0) is 9.47 Å². The van der Waals surface area contributed by atoms with E-state index < -0.39 is 0 Å². The molecule has 0 saturated carbocycles. The molecule has 0 bridgehead atoms. The SMILES string of the molecule is COC(=O)c1cnc(NC2CCCOC2)s1. The van der Waals surface area contributed by atoms with Crippen LogP contribution < -0.4 is 5.32 Å². The summed E-state index contributed by atoms with van der Waals surface area (Å²) >= 11 is 1.31. The zero-order valence-electron chi connectivity index (χ0n) is 9.06. The van der Waals surface area contributed by atoms with Gasteiger partial charge in [0.1, 0.15) is 4.88 Å². The number of esters is 1. The summed E-state index contributed by atoms with van der Waals surface area (Å²) in [5.41, 5.74) is 0. The predicted octanol–water partition coefficient (Wildman–Crippen LogP) is 1.52. The Balaban J connectivity index is 1.94. The minimum Gasteiger partial charge on any atom is -0.465 e. The van der Waals surface area contributed by atoms with E-state index in [9.17, 15) is 4.79 Å². The Morgan fingerprint density at radius 3 is 3.31 bits per heavy atom. The summed E-state index contributed by atoms with van der Waals surface area (Å²) in [6, 6.07) is 0.297. The van der Waals surface area contributed by atoms with Crippen LogP contribution >= 0.6 is 11.3 Å². The topological polar surface area (TPSA) is 60.5 Å². The number of aromatic nitrogens is 1. The van der Waals surface area contributed by atoms with Crippen molar-refractivity contribution in [2.75, 3.05) is 25.6 Å². The fourth-order valence-electron chi connectivity index (χ4n) is 1.56. The summed E-state index contributed by atoms with van der Waals surface area (Å²) in [6.07, 6.45) is 3.67. The molecule has 1 atom stereocenters. The first-order chi connectivity index (χ1) is 7.79. The van der Waals surface area contributed by atoms with Crippen molar-refractivity contribution < 1.29 is 14.3 Å². The van der Waals surface area contributed by atoms with Crippen LogP contribution in [0.1, 0.15) is 22.5 Å². The van der Waals surface area contributed by atoms with Gasteiger partial charge in [-0.1, -0.05) is 11.3 Å². The summed E-state index contributed by atoms with van der Waals surface area (Å²) in [5.74, 6) is -0.342. The first kappa shape index (κ1) is 11.3. The minimum absolute atomic E-state index is 0.297. The lowest BCUT2D eigenvalue weighted by atomic mass is 10.1. The molecular formula is C10H14N2O3S. The monoisotopic (exact) mass is 242 g/mol. The Labute approximate surface area is 97.8 Å². The molecule has 88 valence electrons. The highest BCUT2D eigenvalue weighted by molar-refractivity contribution is 7.17. The van der Waals surface area contributed by atoms with Crippen LogP contribution in [0.25, 0.3) is 0 Å². The highest BCUT2D eigenvalue weighted by Gasteiger charge is 2.16. The maximum absolute atomic E-state index is 11.2. The van der Waals surface area contributed by atoms with E-state index in [0.717, 1.165) is 24.6 Å². The number of carbonyl (C=O) groups is 1. The summed E-state index contributed by atoms with van der Waals surface area (Å²) in [7, 11) is 1.37. The second-order valence-electron chi connectivity index (χ2n) is 3.58. The average Bonchev–Trinajstić information content (AvgIpc) is 2.78. The van der Waals surface area contributed by atoms with Crippen molar-refractivity contribution in [3.63, 3.8) is 0 Å². The van der Waals surface area contributed by atoms with Gasteiger partial charge in [-0.05, 0) is 12.8 Å². The smallest absolute Gasteiger partial charge is 0.349 e. The zero-order valence-corrected chi connectivity index (χ0v) is 9.88. The van der Waals surface area contributed by atoms with Crippen LogP contribution in [0.3, 0.4) is 0 Å². The lowest BCUT2D eigenvalue weighted by molar-refractivity contribution is 0.0606. The molecule has 2 rings (SSSR count). The summed E-state index contributed by atoms with van der Waals surface area (Å²) in [4.78, 5) is 15.9. The second-order valence-corrected chi connectivity index (χ2v) is 4.61. The average molecular weight is 242 g/mol. The third-order valence-electron chi connectivity index (χ3n) is 2.38. The van der Waals surface area contributed by atoms with E-state index in [1.54, 1.807) is 0 Å². The van der Waals surface area contributed by atoms with Gasteiger partial charge in [-0.25, -0.2) is 9.78 Å². The summed E-state index contributed by atoms with van der Waals surface area (Å²) in [5, 5.41) is 4.00. The quantitative estimate of drug-likeness (QED) is 0.814. The maximum Gasteiger partial charge on any atom is 0.349 e. The van der Waals surface area contributed by atoms with Gasteiger partial charge in [0.05, 0.1) is 26.0 Å². The van der Waals surface area contributed by atoms with Gasteiger partial charge in [0.25, 0.3) is 0 Å². The molecule has 1 saturated heterocycles. The normalized spacial score (nSPS) is 20.4. The van der Waals surface area contributed by atoms with Crippen LogP contribution in [-0.4, -0.2) is 37.3 Å². The first-order valence-corrected chi connectivity index (χ1v) is 5.99. The molecule has 1 N–H and O–H groups in total. The van der Waals surface area contributed by atoms with Crippen molar-refractivity contribution in [2.45, 2.75) is 18.9 Å². The second kappa shape index (κ2) is 5.27. The van der Waals surface area contributed by atoms with Gasteiger partial charge < -0.3 is 14.8 Å². The van der Waals surface area contributed by atoms with Gasteiger partial charge in [-0.2, -0.15) is 0 Å². The van der Waals surface area contributed by atoms with E-state index >= 15 is 0 Å². The number of hydrogen-bond acceptors (Lipinski definition) is 6. The summed E-state index contributed by atoms with van der Waals surface area (Å²) in [6.45, 7) is 1.54. The lowest BCUT2D eigenvalue weighted by Crippen LogP contribution is -2.29. The predicted molar refractivity (Wildman–Crippen MR) is 60.9 cm³/mol. The van der Waals surface area contributed by atoms with Crippen LogP contribution in [0, 0.1) is 0 Å². The Hall–Kier alpha value is -1.14. The first-order valence-electron chi connectivity index (χ1n) is 5.18. The van der Waals surface area contributed by atoms with Crippen LogP contribution in [0.5, 0.6) is 0 Å². The van der Waals surface area contributed by atoms with Crippen molar-refractivity contribution in [3.05, 3.63) is 11.1 Å². The number of nitrogens with one attached hydrogen (secondary N) is 1. The molecule has 16 heavy (non-hydrogen) atoms. The van der Waals surface area contributed by atoms with E-state index in [0.29, 0.717) is 17.5 Å². The number of thiazole rings is 1. The highest BCUT2D eigenvalue weighted by atomic mass is 32.1. The van der Waals surface area contributed by atoms with Crippen molar-refractivity contribution >= 4 is 22.4 Å². The van der Waals surface area contributed by atoms with Gasteiger partial charge in [0.2, 0.25) is 0 Å². The minimum atomic E-state index is -0.342. The Bertz CT molecular complexity index is 361. The zero-order chi connectivity index (χ0) is 11.4. The van der Waals surface area contributed by atoms with E-state index in [1.165, 1.54) is 24.6 Å². The number of ether oxygens (including phenoxy) is 2. The molecule has 0 aromatic carbocycles. The van der Waals surface area contributed by atoms with E-state index in [4.69, 9.17) is 4.74 Å². The molecule has 1 unspecified atom stereocenters. The molecule has 0 spiro atoms. The number of methoxy groups -OCH3 is 1. The van der Waals surface area contributed by atoms with Crippen LogP contribution in [0.2, 0.25) is 0 Å². The molecule has 0 amide bonds. The van der Waals surface area contributed by atoms with E-state index in [2.05, 4.69) is 15.0 Å². The van der Waals surface area contributed by atoms with Gasteiger partial charge in [0.15, 0.2) is 5.13 Å². The Morgan fingerprint density at radius 1 is 1.75 bits per heavy atom. The third kappa shape index (κ3) is 2.70. The summed E-state index contributed by atoms with van der Waals surface area (Å²) < 4.78 is 9.97. The number of hydrogen-bond donors (Lipinski definition) is 1. The van der Waals surface area contributed by atoms with Gasteiger partial charge in [-0.3, -0.25) is 0 Å². The van der Waals surface area contributed by atoms with Gasteiger partial charge >= 0.3 is 5.97 Å². The van der Waals surface area contributed by atoms with Crippen molar-refractivity contribution in [3.8, 4) is 0 Å². The fourth-order valence-corrected chi connectivity index (χ4v) is 2.38. The van der Waals surface area contributed by atoms with Crippen LogP contribution in [0.15, 0.2) is 6.20 Å². The van der Waals surface area contributed by atoms with Gasteiger partial charge in [0, 0.05) is 6.61 Å². The van der Waals surface area contributed by atoms with Crippen molar-refractivity contribution in [2.24, 2.45) is 0 Å². The number of anilines is 1. The molecule has 1 aliphatic heterocycles. The van der Waals surface area contributed by atoms with Crippen LogP contribution in [0.4, 0.5) is 5.13 Å². The van der Waals surface area contributed by atoms with Gasteiger partial charge in [-0.15, -0.1) is 0 Å². The number of carbonyl (C=O) groups excluding carboxylic acids is 1. The molecule has 1 fully saturated rings. The molecule has 1 aromatic rings. The number of rotatable bonds is 3. The molecule has 2 heterocycles. The Kier molecular flexibility index (Phi) is 3.74. The third-order valence-corrected chi connectivity index (χ3v) is 3.29. The molecule has 5 nitrogen and oxygen atoms in total. The van der Waals surface area contributed by atoms with E-state index in [-0.39, 0.29) is 5.97 Å². The molecule has 1 aromatic heterocycles. The largest absolute Gasteiger partial charge is 0.465 e.